The lowest BCUT2D eigenvalue weighted by Crippen LogP contribution is -1.91. The molecule has 0 aliphatic rings. The summed E-state index contributed by atoms with van der Waals surface area (Å²) >= 11 is 11.7. The molecule has 0 N–H and O–H groups in total. The Bertz CT molecular complexity index is 504. The van der Waals surface area contributed by atoms with Crippen molar-refractivity contribution in [1.29, 1.82) is 0 Å². The molecule has 0 amide bonds. The summed E-state index contributed by atoms with van der Waals surface area (Å²) in [7, 11) is 0. The largest absolute Gasteiger partial charge is 0.144 e. The Balaban J connectivity index is 2.33. The Kier molecular flexibility index (Phi) is 3.73. The van der Waals surface area contributed by atoms with E-state index in [2.05, 4.69) is 60.1 Å². The van der Waals surface area contributed by atoms with Crippen LogP contribution in [0.4, 0.5) is 0 Å². The lowest BCUT2D eigenvalue weighted by molar-refractivity contribution is 1.17. The number of thiophene rings is 1. The molecule has 0 saturated carbocycles. The molecule has 1 atom stereocenters. The van der Waals surface area contributed by atoms with Gasteiger partial charge in [0.15, 0.2) is 0 Å². The summed E-state index contributed by atoms with van der Waals surface area (Å²) in [4.78, 5) is 2.51. The third kappa shape index (κ3) is 2.50. The van der Waals surface area contributed by atoms with Crippen molar-refractivity contribution < 1.29 is 0 Å². The molecular weight excluding hydrogens is 304 g/mol. The minimum Gasteiger partial charge on any atom is -0.144 e. The van der Waals surface area contributed by atoms with Gasteiger partial charge >= 0.3 is 0 Å². The average Bonchev–Trinajstić information content (AvgIpc) is 2.68. The monoisotopic (exact) mass is 314 g/mol. The molecule has 0 saturated heterocycles. The maximum Gasteiger partial charge on any atom is 0.0927 e. The van der Waals surface area contributed by atoms with Crippen LogP contribution in [0.25, 0.3) is 0 Å². The van der Waals surface area contributed by atoms with Crippen molar-refractivity contribution in [2.45, 2.75) is 19.2 Å². The molecule has 1 heterocycles. The van der Waals surface area contributed by atoms with Gasteiger partial charge in [-0.25, -0.2) is 0 Å². The van der Waals surface area contributed by atoms with E-state index in [1.165, 1.54) is 15.3 Å². The van der Waals surface area contributed by atoms with E-state index in [0.29, 0.717) is 0 Å². The summed E-state index contributed by atoms with van der Waals surface area (Å²) in [5.41, 5.74) is 2.38. The van der Waals surface area contributed by atoms with Crippen molar-refractivity contribution >= 4 is 38.9 Å². The molecular formula is C13H12BrClS. The number of benzene rings is 1. The van der Waals surface area contributed by atoms with E-state index in [-0.39, 0.29) is 5.38 Å². The SMILES string of the molecule is Cc1ccc(C(Cl)c2ccc(Br)c(C)c2)s1. The summed E-state index contributed by atoms with van der Waals surface area (Å²) in [5.74, 6) is 0. The Hall–Kier alpha value is -0.310. The topological polar surface area (TPSA) is 0 Å². The maximum atomic E-state index is 6.46. The molecule has 84 valence electrons. The second-order valence-corrected chi connectivity index (χ2v) is 6.43. The zero-order chi connectivity index (χ0) is 11.7. The van der Waals surface area contributed by atoms with Gasteiger partial charge in [0.2, 0.25) is 0 Å². The quantitative estimate of drug-likeness (QED) is 0.646. The fourth-order valence-corrected chi connectivity index (χ4v) is 3.05. The summed E-state index contributed by atoms with van der Waals surface area (Å²) < 4.78 is 1.13. The summed E-state index contributed by atoms with van der Waals surface area (Å²) in [6.07, 6.45) is 0. The highest BCUT2D eigenvalue weighted by molar-refractivity contribution is 9.10. The smallest absolute Gasteiger partial charge is 0.0927 e. The summed E-state index contributed by atoms with van der Waals surface area (Å²) in [6.45, 7) is 4.18. The van der Waals surface area contributed by atoms with Crippen LogP contribution >= 0.6 is 38.9 Å². The van der Waals surface area contributed by atoms with Crippen molar-refractivity contribution in [3.05, 3.63) is 55.7 Å². The molecule has 1 unspecified atom stereocenters. The van der Waals surface area contributed by atoms with Crippen LogP contribution in [0.5, 0.6) is 0 Å². The zero-order valence-corrected chi connectivity index (χ0v) is 12.3. The van der Waals surface area contributed by atoms with Crippen LogP contribution in [-0.4, -0.2) is 0 Å². The van der Waals surface area contributed by atoms with Gasteiger partial charge < -0.3 is 0 Å². The molecule has 0 fully saturated rings. The lowest BCUT2D eigenvalue weighted by atomic mass is 10.1. The molecule has 2 aromatic rings. The van der Waals surface area contributed by atoms with Gasteiger partial charge in [-0.2, -0.15) is 0 Å². The van der Waals surface area contributed by atoms with Gasteiger partial charge in [-0.05, 0) is 43.2 Å². The first-order valence-electron chi connectivity index (χ1n) is 5.04. The van der Waals surface area contributed by atoms with Gasteiger partial charge in [0.05, 0.1) is 5.38 Å². The fraction of sp³-hybridized carbons (Fsp3) is 0.231. The van der Waals surface area contributed by atoms with E-state index in [9.17, 15) is 0 Å². The van der Waals surface area contributed by atoms with E-state index in [4.69, 9.17) is 11.6 Å². The zero-order valence-electron chi connectivity index (χ0n) is 9.13. The molecule has 3 heteroatoms. The highest BCUT2D eigenvalue weighted by Crippen LogP contribution is 2.34. The normalized spacial score (nSPS) is 12.8. The van der Waals surface area contributed by atoms with E-state index >= 15 is 0 Å². The minimum absolute atomic E-state index is 0.0366. The number of rotatable bonds is 2. The van der Waals surface area contributed by atoms with Crippen LogP contribution in [0.15, 0.2) is 34.8 Å². The van der Waals surface area contributed by atoms with Gasteiger partial charge in [-0.3, -0.25) is 0 Å². The number of hydrogen-bond donors (Lipinski definition) is 0. The van der Waals surface area contributed by atoms with Gasteiger partial charge in [0, 0.05) is 14.2 Å². The van der Waals surface area contributed by atoms with Crippen molar-refractivity contribution in [3.63, 3.8) is 0 Å². The molecule has 0 radical (unpaired) electrons. The number of aryl methyl sites for hydroxylation is 2. The highest BCUT2D eigenvalue weighted by Gasteiger charge is 2.13. The summed E-state index contributed by atoms with van der Waals surface area (Å²) in [5, 5.41) is -0.0366. The molecule has 2 rings (SSSR count). The average molecular weight is 316 g/mol. The van der Waals surface area contributed by atoms with Gasteiger partial charge in [-0.15, -0.1) is 22.9 Å². The molecule has 0 nitrogen and oxygen atoms in total. The number of hydrogen-bond acceptors (Lipinski definition) is 1. The Labute approximate surface area is 113 Å². The molecule has 0 aliphatic carbocycles. The first-order chi connectivity index (χ1) is 7.58. The van der Waals surface area contributed by atoms with Crippen LogP contribution in [0, 0.1) is 13.8 Å². The van der Waals surface area contributed by atoms with Crippen LogP contribution in [0.1, 0.15) is 26.3 Å². The Morgan fingerprint density at radius 3 is 2.50 bits per heavy atom. The van der Waals surface area contributed by atoms with Gasteiger partial charge in [-0.1, -0.05) is 28.1 Å². The lowest BCUT2D eigenvalue weighted by Gasteiger charge is -2.09. The molecule has 1 aromatic heterocycles. The predicted octanol–water partition coefficient (Wildman–Crippen LogP) is 5.46. The van der Waals surface area contributed by atoms with Crippen molar-refractivity contribution in [1.82, 2.24) is 0 Å². The van der Waals surface area contributed by atoms with E-state index in [1.807, 2.05) is 0 Å². The third-order valence-electron chi connectivity index (χ3n) is 2.49. The number of halogens is 2. The highest BCUT2D eigenvalue weighted by atomic mass is 79.9. The maximum absolute atomic E-state index is 6.46. The van der Waals surface area contributed by atoms with E-state index < -0.39 is 0 Å². The molecule has 0 aliphatic heterocycles. The summed E-state index contributed by atoms with van der Waals surface area (Å²) in [6, 6.07) is 10.5. The van der Waals surface area contributed by atoms with Crippen molar-refractivity contribution in [2.75, 3.05) is 0 Å². The van der Waals surface area contributed by atoms with Gasteiger partial charge in [0.1, 0.15) is 0 Å². The minimum atomic E-state index is -0.0366. The molecule has 0 spiro atoms. The molecule has 0 bridgehead atoms. The predicted molar refractivity (Wildman–Crippen MR) is 75.6 cm³/mol. The molecule has 1 aromatic carbocycles. The Morgan fingerprint density at radius 1 is 1.19 bits per heavy atom. The van der Waals surface area contributed by atoms with Crippen LogP contribution < -0.4 is 0 Å². The van der Waals surface area contributed by atoms with E-state index in [0.717, 1.165) is 10.0 Å². The Morgan fingerprint density at radius 2 is 1.94 bits per heavy atom. The first-order valence-corrected chi connectivity index (χ1v) is 7.09. The van der Waals surface area contributed by atoms with Gasteiger partial charge in [0.25, 0.3) is 0 Å². The van der Waals surface area contributed by atoms with Crippen LogP contribution in [0.3, 0.4) is 0 Å². The standard InChI is InChI=1S/C13H12BrClS/c1-8-7-10(4-5-11(8)14)13(15)12-6-3-9(2)16-12/h3-7,13H,1-2H3. The first kappa shape index (κ1) is 12.2. The second-order valence-electron chi connectivity index (χ2n) is 3.82. The second kappa shape index (κ2) is 4.91. The van der Waals surface area contributed by atoms with E-state index in [1.54, 1.807) is 11.3 Å². The van der Waals surface area contributed by atoms with Crippen LogP contribution in [-0.2, 0) is 0 Å². The van der Waals surface area contributed by atoms with Crippen molar-refractivity contribution in [2.24, 2.45) is 0 Å². The van der Waals surface area contributed by atoms with Crippen molar-refractivity contribution in [3.8, 4) is 0 Å². The van der Waals surface area contributed by atoms with Crippen LogP contribution in [0.2, 0.25) is 0 Å². The molecule has 16 heavy (non-hydrogen) atoms. The number of alkyl halides is 1. The third-order valence-corrected chi connectivity index (χ3v) is 5.06. The fourth-order valence-electron chi connectivity index (χ4n) is 1.58.